The SMILES string of the molecule is CCC1(Cn2[nH]nnc2=S)CCCC1. The normalized spacial score (nSPS) is 20.1. The summed E-state index contributed by atoms with van der Waals surface area (Å²) in [6.07, 6.45) is 6.54. The summed E-state index contributed by atoms with van der Waals surface area (Å²) in [6, 6.07) is 0. The Morgan fingerprint density at radius 1 is 1.50 bits per heavy atom. The van der Waals surface area contributed by atoms with Gasteiger partial charge in [0.2, 0.25) is 4.77 Å². The van der Waals surface area contributed by atoms with Crippen molar-refractivity contribution in [1.29, 1.82) is 0 Å². The zero-order valence-electron chi connectivity index (χ0n) is 8.49. The van der Waals surface area contributed by atoms with Crippen LogP contribution in [0.15, 0.2) is 0 Å². The van der Waals surface area contributed by atoms with E-state index in [4.69, 9.17) is 12.2 Å². The zero-order chi connectivity index (χ0) is 10.0. The second-order valence-electron chi connectivity index (χ2n) is 4.23. The third-order valence-corrected chi connectivity index (χ3v) is 3.74. The lowest BCUT2D eigenvalue weighted by Gasteiger charge is -2.26. The van der Waals surface area contributed by atoms with Gasteiger partial charge in [-0.15, -0.1) is 0 Å². The molecule has 1 aromatic heterocycles. The Labute approximate surface area is 88.7 Å². The number of aromatic nitrogens is 4. The molecule has 2 rings (SSSR count). The van der Waals surface area contributed by atoms with Gasteiger partial charge < -0.3 is 0 Å². The summed E-state index contributed by atoms with van der Waals surface area (Å²) < 4.78 is 2.47. The first-order chi connectivity index (χ1) is 6.76. The van der Waals surface area contributed by atoms with Crippen LogP contribution in [-0.2, 0) is 6.54 Å². The highest BCUT2D eigenvalue weighted by atomic mass is 32.1. The number of nitrogens with zero attached hydrogens (tertiary/aromatic N) is 3. The van der Waals surface area contributed by atoms with E-state index >= 15 is 0 Å². The first-order valence-electron chi connectivity index (χ1n) is 5.24. The summed E-state index contributed by atoms with van der Waals surface area (Å²) in [6.45, 7) is 3.22. The summed E-state index contributed by atoms with van der Waals surface area (Å²) in [5, 5.41) is 10.4. The smallest absolute Gasteiger partial charge is 0.238 e. The predicted octanol–water partition coefficient (Wildman–Crippen LogP) is 2.31. The van der Waals surface area contributed by atoms with Crippen LogP contribution < -0.4 is 0 Å². The largest absolute Gasteiger partial charge is 0.242 e. The monoisotopic (exact) mass is 212 g/mol. The van der Waals surface area contributed by atoms with Crippen molar-refractivity contribution in [2.75, 3.05) is 0 Å². The number of tetrazole rings is 1. The Morgan fingerprint density at radius 3 is 2.71 bits per heavy atom. The quantitative estimate of drug-likeness (QED) is 0.782. The fourth-order valence-corrected chi connectivity index (χ4v) is 2.55. The maximum Gasteiger partial charge on any atom is 0.238 e. The van der Waals surface area contributed by atoms with Crippen LogP contribution in [0.25, 0.3) is 0 Å². The summed E-state index contributed by atoms with van der Waals surface area (Å²) in [4.78, 5) is 0. The van der Waals surface area contributed by atoms with Crippen LogP contribution in [0.2, 0.25) is 0 Å². The van der Waals surface area contributed by atoms with Gasteiger partial charge in [-0.2, -0.15) is 5.21 Å². The van der Waals surface area contributed by atoms with E-state index in [0.717, 1.165) is 6.54 Å². The van der Waals surface area contributed by atoms with E-state index in [-0.39, 0.29) is 0 Å². The molecule has 0 unspecified atom stereocenters. The molecule has 0 bridgehead atoms. The van der Waals surface area contributed by atoms with Crippen molar-refractivity contribution in [1.82, 2.24) is 20.2 Å². The fraction of sp³-hybridized carbons (Fsp3) is 0.889. The van der Waals surface area contributed by atoms with Crippen LogP contribution in [0.3, 0.4) is 0 Å². The molecule has 0 radical (unpaired) electrons. The van der Waals surface area contributed by atoms with Crippen molar-refractivity contribution in [3.8, 4) is 0 Å². The van der Waals surface area contributed by atoms with E-state index in [1.54, 1.807) is 0 Å². The van der Waals surface area contributed by atoms with Gasteiger partial charge in [-0.25, -0.2) is 4.68 Å². The van der Waals surface area contributed by atoms with E-state index in [2.05, 4.69) is 22.4 Å². The highest BCUT2D eigenvalue weighted by Crippen LogP contribution is 2.42. The van der Waals surface area contributed by atoms with E-state index < -0.39 is 0 Å². The van der Waals surface area contributed by atoms with Crippen molar-refractivity contribution in [2.24, 2.45) is 5.41 Å². The van der Waals surface area contributed by atoms with Gasteiger partial charge in [0.15, 0.2) is 0 Å². The molecule has 5 heteroatoms. The van der Waals surface area contributed by atoms with E-state index in [0.29, 0.717) is 10.2 Å². The van der Waals surface area contributed by atoms with Crippen molar-refractivity contribution in [2.45, 2.75) is 45.6 Å². The number of aromatic amines is 1. The minimum Gasteiger partial charge on any atom is -0.242 e. The third-order valence-electron chi connectivity index (χ3n) is 3.44. The van der Waals surface area contributed by atoms with Crippen molar-refractivity contribution in [3.05, 3.63) is 4.77 Å². The molecule has 1 N–H and O–H groups in total. The highest BCUT2D eigenvalue weighted by Gasteiger charge is 2.32. The molecule has 0 amide bonds. The van der Waals surface area contributed by atoms with Crippen LogP contribution in [-0.4, -0.2) is 20.2 Å². The molecule has 1 saturated carbocycles. The lowest BCUT2D eigenvalue weighted by Crippen LogP contribution is -2.23. The predicted molar refractivity (Wildman–Crippen MR) is 56.4 cm³/mol. The van der Waals surface area contributed by atoms with Crippen molar-refractivity contribution < 1.29 is 0 Å². The van der Waals surface area contributed by atoms with Gasteiger partial charge in [-0.05, 0) is 36.9 Å². The number of nitrogens with one attached hydrogen (secondary N) is 1. The molecule has 0 aliphatic heterocycles. The molecule has 14 heavy (non-hydrogen) atoms. The Morgan fingerprint density at radius 2 is 2.21 bits per heavy atom. The lowest BCUT2D eigenvalue weighted by molar-refractivity contribution is 0.223. The molecular weight excluding hydrogens is 196 g/mol. The molecule has 4 nitrogen and oxygen atoms in total. The second kappa shape index (κ2) is 3.81. The van der Waals surface area contributed by atoms with E-state index in [9.17, 15) is 0 Å². The summed E-state index contributed by atoms with van der Waals surface area (Å²) in [5.41, 5.74) is 0.437. The van der Waals surface area contributed by atoms with Gasteiger partial charge >= 0.3 is 0 Å². The summed E-state index contributed by atoms with van der Waals surface area (Å²) in [7, 11) is 0. The molecule has 0 saturated heterocycles. The molecule has 0 atom stereocenters. The minimum absolute atomic E-state index is 0.437. The number of H-pyrrole nitrogens is 1. The van der Waals surface area contributed by atoms with Gasteiger partial charge in [-0.3, -0.25) is 0 Å². The maximum atomic E-state index is 5.08. The molecule has 1 aliphatic carbocycles. The minimum atomic E-state index is 0.437. The van der Waals surface area contributed by atoms with Gasteiger partial charge in [0.05, 0.1) is 0 Å². The number of hydrogen-bond acceptors (Lipinski definition) is 3. The zero-order valence-corrected chi connectivity index (χ0v) is 9.31. The van der Waals surface area contributed by atoms with Crippen LogP contribution in [0.1, 0.15) is 39.0 Å². The molecule has 1 aromatic rings. The first-order valence-corrected chi connectivity index (χ1v) is 5.64. The van der Waals surface area contributed by atoms with Crippen molar-refractivity contribution in [3.63, 3.8) is 0 Å². The summed E-state index contributed by atoms with van der Waals surface area (Å²) >= 11 is 5.08. The third kappa shape index (κ3) is 1.73. The standard InChI is InChI=1S/C9H16N4S/c1-2-9(5-3-4-6-9)7-13-8(14)10-11-12-13/h2-7H2,1H3,(H,10,12,14). The lowest BCUT2D eigenvalue weighted by atomic mass is 9.83. The number of hydrogen-bond donors (Lipinski definition) is 1. The Kier molecular flexibility index (Phi) is 2.67. The van der Waals surface area contributed by atoms with Crippen LogP contribution >= 0.6 is 12.2 Å². The van der Waals surface area contributed by atoms with Gasteiger partial charge in [-0.1, -0.05) is 30.1 Å². The van der Waals surface area contributed by atoms with Gasteiger partial charge in [0.25, 0.3) is 0 Å². The van der Waals surface area contributed by atoms with Crippen molar-refractivity contribution >= 4 is 12.2 Å². The second-order valence-corrected chi connectivity index (χ2v) is 4.59. The average molecular weight is 212 g/mol. The van der Waals surface area contributed by atoms with E-state index in [1.807, 2.05) is 4.68 Å². The van der Waals surface area contributed by atoms with Crippen LogP contribution in [0.4, 0.5) is 0 Å². The van der Waals surface area contributed by atoms with Gasteiger partial charge in [0.1, 0.15) is 0 Å². The van der Waals surface area contributed by atoms with E-state index in [1.165, 1.54) is 32.1 Å². The molecule has 1 aliphatic rings. The summed E-state index contributed by atoms with van der Waals surface area (Å²) in [5.74, 6) is 0. The molecule has 1 fully saturated rings. The highest BCUT2D eigenvalue weighted by molar-refractivity contribution is 7.71. The first kappa shape index (κ1) is 9.83. The Balaban J connectivity index is 2.16. The van der Waals surface area contributed by atoms with Gasteiger partial charge in [0, 0.05) is 6.54 Å². The Bertz CT molecular complexity index is 348. The topological polar surface area (TPSA) is 46.5 Å². The molecular formula is C9H16N4S. The Hall–Kier alpha value is -0.710. The van der Waals surface area contributed by atoms with Crippen LogP contribution in [0.5, 0.6) is 0 Å². The molecule has 78 valence electrons. The maximum absolute atomic E-state index is 5.08. The fourth-order valence-electron chi connectivity index (χ4n) is 2.40. The van der Waals surface area contributed by atoms with Crippen LogP contribution in [0, 0.1) is 10.2 Å². The number of rotatable bonds is 3. The average Bonchev–Trinajstić information content (AvgIpc) is 2.79. The molecule has 0 spiro atoms. The molecule has 0 aromatic carbocycles. The molecule has 1 heterocycles.